The Morgan fingerprint density at radius 1 is 1.35 bits per heavy atom. The average molecular weight is 424 g/mol. The van der Waals surface area contributed by atoms with Crippen LogP contribution >= 0.6 is 15.9 Å². The standard InChI is InChI=1S/C19H22BrNO5/c1-25-18-10-15(20)12(9-17(18)23)8-16-14-4-3-13(22)7-11(14)5-6-21(16)19(24)26-2/h7,9-10,14,16,23H,3-6,8H2,1-2H3. The quantitative estimate of drug-likeness (QED) is 0.805. The fourth-order valence-corrected chi connectivity index (χ4v) is 4.41. The molecule has 1 aliphatic heterocycles. The van der Waals surface area contributed by atoms with Gasteiger partial charge in [-0.05, 0) is 43.0 Å². The molecule has 2 unspecified atom stereocenters. The minimum Gasteiger partial charge on any atom is -0.504 e. The molecule has 0 aromatic heterocycles. The number of amides is 1. The van der Waals surface area contributed by atoms with Gasteiger partial charge in [0.1, 0.15) is 0 Å². The normalized spacial score (nSPS) is 22.5. The highest BCUT2D eigenvalue weighted by atomic mass is 79.9. The Kier molecular flexibility index (Phi) is 5.55. The van der Waals surface area contributed by atoms with E-state index in [1.54, 1.807) is 23.1 Å². The van der Waals surface area contributed by atoms with Crippen molar-refractivity contribution in [3.8, 4) is 11.5 Å². The first-order valence-corrected chi connectivity index (χ1v) is 9.37. The van der Waals surface area contributed by atoms with Crippen molar-refractivity contribution in [3.05, 3.63) is 33.8 Å². The molecule has 6 nitrogen and oxygen atoms in total. The molecule has 1 heterocycles. The number of halogens is 1. The van der Waals surface area contributed by atoms with Crippen molar-refractivity contribution in [1.82, 2.24) is 4.90 Å². The summed E-state index contributed by atoms with van der Waals surface area (Å²) in [7, 11) is 2.88. The molecule has 1 aliphatic carbocycles. The lowest BCUT2D eigenvalue weighted by molar-refractivity contribution is -0.115. The number of benzene rings is 1. The zero-order chi connectivity index (χ0) is 18.8. The molecule has 0 radical (unpaired) electrons. The summed E-state index contributed by atoms with van der Waals surface area (Å²) in [5.74, 6) is 0.722. The lowest BCUT2D eigenvalue weighted by atomic mass is 9.75. The van der Waals surface area contributed by atoms with E-state index in [2.05, 4.69) is 15.9 Å². The summed E-state index contributed by atoms with van der Waals surface area (Å²) in [6.45, 7) is 0.521. The molecule has 26 heavy (non-hydrogen) atoms. The number of rotatable bonds is 3. The monoisotopic (exact) mass is 423 g/mol. The molecule has 7 heteroatoms. The number of ether oxygens (including phenoxy) is 2. The van der Waals surface area contributed by atoms with Crippen LogP contribution in [-0.4, -0.2) is 48.7 Å². The van der Waals surface area contributed by atoms with Gasteiger partial charge < -0.3 is 19.5 Å². The number of hydrogen-bond donors (Lipinski definition) is 1. The van der Waals surface area contributed by atoms with Crippen LogP contribution < -0.4 is 4.74 Å². The molecule has 1 saturated heterocycles. The first kappa shape index (κ1) is 18.8. The van der Waals surface area contributed by atoms with Crippen molar-refractivity contribution in [2.75, 3.05) is 20.8 Å². The van der Waals surface area contributed by atoms with Crippen LogP contribution in [-0.2, 0) is 16.0 Å². The number of phenols is 1. The summed E-state index contributed by atoms with van der Waals surface area (Å²) in [5, 5.41) is 10.1. The molecule has 1 aromatic carbocycles. The fraction of sp³-hybridized carbons (Fsp3) is 0.474. The number of aromatic hydroxyl groups is 1. The number of carbonyl (C=O) groups excluding carboxylic acids is 2. The van der Waals surface area contributed by atoms with Gasteiger partial charge in [0.2, 0.25) is 0 Å². The summed E-state index contributed by atoms with van der Waals surface area (Å²) >= 11 is 3.53. The molecule has 2 atom stereocenters. The number of piperidine rings is 1. The molecule has 2 aliphatic rings. The van der Waals surface area contributed by atoms with Crippen LogP contribution in [0.2, 0.25) is 0 Å². The van der Waals surface area contributed by atoms with E-state index in [1.165, 1.54) is 14.2 Å². The predicted octanol–water partition coefficient (Wildman–Crippen LogP) is 3.45. The Hall–Kier alpha value is -2.02. The van der Waals surface area contributed by atoms with Crippen LogP contribution in [0, 0.1) is 5.92 Å². The minimum absolute atomic E-state index is 0.0562. The first-order valence-electron chi connectivity index (χ1n) is 8.57. The van der Waals surface area contributed by atoms with E-state index in [9.17, 15) is 14.7 Å². The molecule has 0 bridgehead atoms. The van der Waals surface area contributed by atoms with E-state index in [1.807, 2.05) is 0 Å². The van der Waals surface area contributed by atoms with Crippen molar-refractivity contribution in [2.24, 2.45) is 5.92 Å². The number of likely N-dealkylation sites (tertiary alicyclic amines) is 1. The van der Waals surface area contributed by atoms with Crippen molar-refractivity contribution >= 4 is 27.8 Å². The van der Waals surface area contributed by atoms with Crippen molar-refractivity contribution in [3.63, 3.8) is 0 Å². The van der Waals surface area contributed by atoms with Gasteiger partial charge in [-0.2, -0.15) is 0 Å². The molecule has 0 spiro atoms. The topological polar surface area (TPSA) is 76.1 Å². The van der Waals surface area contributed by atoms with Crippen LogP contribution in [0.1, 0.15) is 24.8 Å². The molecule has 1 fully saturated rings. The second kappa shape index (κ2) is 7.70. The van der Waals surface area contributed by atoms with E-state index in [0.717, 1.165) is 22.0 Å². The Balaban J connectivity index is 1.95. The van der Waals surface area contributed by atoms with E-state index in [-0.39, 0.29) is 29.6 Å². The highest BCUT2D eigenvalue weighted by Crippen LogP contribution is 2.39. The number of ketones is 1. The predicted molar refractivity (Wildman–Crippen MR) is 99.4 cm³/mol. The lowest BCUT2D eigenvalue weighted by Gasteiger charge is -2.43. The molecule has 1 N–H and O–H groups in total. The van der Waals surface area contributed by atoms with E-state index in [0.29, 0.717) is 31.6 Å². The largest absolute Gasteiger partial charge is 0.504 e. The van der Waals surface area contributed by atoms with Crippen LogP contribution in [0.5, 0.6) is 11.5 Å². The zero-order valence-electron chi connectivity index (χ0n) is 14.8. The van der Waals surface area contributed by atoms with Crippen molar-refractivity contribution in [1.29, 1.82) is 0 Å². The van der Waals surface area contributed by atoms with Gasteiger partial charge in [-0.3, -0.25) is 4.79 Å². The number of nitrogens with zero attached hydrogens (tertiary/aromatic N) is 1. The van der Waals surface area contributed by atoms with Gasteiger partial charge in [0.25, 0.3) is 0 Å². The highest BCUT2D eigenvalue weighted by molar-refractivity contribution is 9.10. The Labute approximate surface area is 160 Å². The van der Waals surface area contributed by atoms with E-state index >= 15 is 0 Å². The van der Waals surface area contributed by atoms with Crippen molar-refractivity contribution < 1.29 is 24.2 Å². The number of carbonyl (C=O) groups is 2. The number of phenolic OH excluding ortho intramolecular Hbond substituents is 1. The van der Waals surface area contributed by atoms with Crippen LogP contribution in [0.4, 0.5) is 4.79 Å². The Morgan fingerprint density at radius 2 is 2.12 bits per heavy atom. The highest BCUT2D eigenvalue weighted by Gasteiger charge is 2.39. The summed E-state index contributed by atoms with van der Waals surface area (Å²) in [6.07, 6.45) is 3.84. The summed E-state index contributed by atoms with van der Waals surface area (Å²) in [6, 6.07) is 3.25. The molecular weight excluding hydrogens is 402 g/mol. The maximum absolute atomic E-state index is 12.3. The van der Waals surface area contributed by atoms with Gasteiger partial charge in [-0.25, -0.2) is 4.79 Å². The van der Waals surface area contributed by atoms with Gasteiger partial charge in [-0.15, -0.1) is 0 Å². The van der Waals surface area contributed by atoms with Crippen molar-refractivity contribution in [2.45, 2.75) is 31.7 Å². The number of allylic oxidation sites excluding steroid dienone is 1. The second-order valence-corrected chi connectivity index (χ2v) is 7.49. The molecule has 0 saturated carbocycles. The molecule has 140 valence electrons. The van der Waals surface area contributed by atoms with Crippen LogP contribution in [0.25, 0.3) is 0 Å². The van der Waals surface area contributed by atoms with Gasteiger partial charge >= 0.3 is 6.09 Å². The second-order valence-electron chi connectivity index (χ2n) is 6.63. The van der Waals surface area contributed by atoms with Crippen LogP contribution in [0.15, 0.2) is 28.3 Å². The van der Waals surface area contributed by atoms with Crippen LogP contribution in [0.3, 0.4) is 0 Å². The third-order valence-electron chi connectivity index (χ3n) is 5.22. The molecule has 3 rings (SSSR count). The maximum Gasteiger partial charge on any atom is 0.409 e. The fourth-order valence-electron chi connectivity index (χ4n) is 3.93. The van der Waals surface area contributed by atoms with E-state index < -0.39 is 0 Å². The zero-order valence-corrected chi connectivity index (χ0v) is 16.4. The SMILES string of the molecule is COC(=O)N1CCC2=CC(=O)CCC2C1Cc1cc(O)c(OC)cc1Br. The van der Waals surface area contributed by atoms with E-state index in [4.69, 9.17) is 9.47 Å². The van der Waals surface area contributed by atoms with Gasteiger partial charge in [0.15, 0.2) is 17.3 Å². The van der Waals surface area contributed by atoms with Gasteiger partial charge in [-0.1, -0.05) is 21.5 Å². The number of fused-ring (bicyclic) bond motifs is 1. The van der Waals surface area contributed by atoms with Gasteiger partial charge in [0, 0.05) is 29.4 Å². The summed E-state index contributed by atoms with van der Waals surface area (Å²) < 4.78 is 10.9. The molecule has 1 aromatic rings. The van der Waals surface area contributed by atoms with Gasteiger partial charge in [0.05, 0.1) is 14.2 Å². The Morgan fingerprint density at radius 3 is 2.81 bits per heavy atom. The number of hydrogen-bond acceptors (Lipinski definition) is 5. The minimum atomic E-state index is -0.361. The summed E-state index contributed by atoms with van der Waals surface area (Å²) in [5.41, 5.74) is 1.99. The molecular formula is C19H22BrNO5. The number of methoxy groups -OCH3 is 2. The molecule has 1 amide bonds. The lowest BCUT2D eigenvalue weighted by Crippen LogP contribution is -2.51. The third kappa shape index (κ3) is 3.58. The first-order chi connectivity index (χ1) is 12.4. The average Bonchev–Trinajstić information content (AvgIpc) is 2.63. The third-order valence-corrected chi connectivity index (χ3v) is 5.95. The summed E-state index contributed by atoms with van der Waals surface area (Å²) in [4.78, 5) is 25.8. The smallest absolute Gasteiger partial charge is 0.409 e. The Bertz CT molecular complexity index is 761. The maximum atomic E-state index is 12.3.